The van der Waals surface area contributed by atoms with Gasteiger partial charge < -0.3 is 19.8 Å². The second kappa shape index (κ2) is 9.78. The molecule has 3 rings (SSSR count). The van der Waals surface area contributed by atoms with E-state index in [0.29, 0.717) is 42.0 Å². The Hall–Kier alpha value is -3.27. The normalized spacial score (nSPS) is 10.7. The third kappa shape index (κ3) is 5.61. The molecule has 3 aromatic rings. The van der Waals surface area contributed by atoms with Crippen molar-refractivity contribution in [1.82, 2.24) is 29.6 Å². The minimum Gasteiger partial charge on any atom is -0.352 e. The quantitative estimate of drug-likeness (QED) is 0.466. The number of H-pyrrole nitrogens is 1. The molecular formula is C19H23N7O2S. The molecule has 0 saturated carbocycles. The van der Waals surface area contributed by atoms with Crippen molar-refractivity contribution in [2.75, 3.05) is 11.9 Å². The van der Waals surface area contributed by atoms with Crippen molar-refractivity contribution in [2.24, 2.45) is 0 Å². The molecule has 3 N–H and O–H groups in total. The van der Waals surface area contributed by atoms with Crippen LogP contribution < -0.4 is 10.6 Å². The number of aromatic amines is 1. The Kier molecular flexibility index (Phi) is 6.90. The number of nitrogens with one attached hydrogen (secondary N) is 3. The van der Waals surface area contributed by atoms with Crippen molar-refractivity contribution < 1.29 is 9.59 Å². The van der Waals surface area contributed by atoms with Crippen LogP contribution in [0.15, 0.2) is 43.0 Å². The number of nitrogens with zero attached hydrogens (tertiary/aromatic N) is 4. The Labute approximate surface area is 173 Å². The van der Waals surface area contributed by atoms with E-state index < -0.39 is 0 Å². The first-order valence-electron chi connectivity index (χ1n) is 9.34. The van der Waals surface area contributed by atoms with Crippen LogP contribution in [0.1, 0.15) is 29.5 Å². The number of aromatic nitrogens is 5. The molecule has 9 nitrogen and oxygen atoms in total. The summed E-state index contributed by atoms with van der Waals surface area (Å²) in [7, 11) is 0. The van der Waals surface area contributed by atoms with E-state index in [1.54, 1.807) is 43.0 Å². The molecule has 0 fully saturated rings. The SMILES string of the molecule is CCn1c(CCNC(=O)c2cccc(NC(=O)CCn3ccnc3)c2)n[nH]c1=S. The molecule has 0 radical (unpaired) electrons. The summed E-state index contributed by atoms with van der Waals surface area (Å²) in [5, 5.41) is 12.6. The summed E-state index contributed by atoms with van der Waals surface area (Å²) in [5.74, 6) is 0.465. The number of carbonyl (C=O) groups is 2. The van der Waals surface area contributed by atoms with E-state index in [0.717, 1.165) is 12.4 Å². The molecule has 0 spiro atoms. The van der Waals surface area contributed by atoms with Gasteiger partial charge in [0.05, 0.1) is 6.33 Å². The highest BCUT2D eigenvalue weighted by Gasteiger charge is 2.09. The zero-order valence-electron chi connectivity index (χ0n) is 16.1. The van der Waals surface area contributed by atoms with Crippen LogP contribution in [0.3, 0.4) is 0 Å². The smallest absolute Gasteiger partial charge is 0.251 e. The topological polar surface area (TPSA) is 110 Å². The van der Waals surface area contributed by atoms with Crippen LogP contribution >= 0.6 is 12.2 Å². The molecule has 0 atom stereocenters. The van der Waals surface area contributed by atoms with Crippen molar-refractivity contribution in [3.05, 3.63) is 59.1 Å². The molecule has 2 aromatic heterocycles. The fourth-order valence-corrected chi connectivity index (χ4v) is 3.15. The Morgan fingerprint density at radius 1 is 1.31 bits per heavy atom. The van der Waals surface area contributed by atoms with Crippen LogP contribution in [0, 0.1) is 4.77 Å². The van der Waals surface area contributed by atoms with Crippen molar-refractivity contribution in [1.29, 1.82) is 0 Å². The Bertz CT molecular complexity index is 1020. The summed E-state index contributed by atoms with van der Waals surface area (Å²) in [6.45, 7) is 3.69. The molecule has 10 heteroatoms. The number of rotatable bonds is 9. The van der Waals surface area contributed by atoms with Gasteiger partial charge in [0, 0.05) is 56.1 Å². The maximum absolute atomic E-state index is 12.4. The summed E-state index contributed by atoms with van der Waals surface area (Å²) in [5.41, 5.74) is 1.06. The first-order chi connectivity index (χ1) is 14.1. The fraction of sp³-hybridized carbons (Fsp3) is 0.316. The average Bonchev–Trinajstić information content (AvgIpc) is 3.36. The minimum absolute atomic E-state index is 0.126. The van der Waals surface area contributed by atoms with Crippen LogP contribution in [0.5, 0.6) is 0 Å². The third-order valence-corrected chi connectivity index (χ3v) is 4.66. The van der Waals surface area contributed by atoms with Crippen molar-refractivity contribution in [2.45, 2.75) is 32.9 Å². The Morgan fingerprint density at radius 3 is 2.93 bits per heavy atom. The van der Waals surface area contributed by atoms with Gasteiger partial charge in [-0.15, -0.1) is 0 Å². The van der Waals surface area contributed by atoms with Gasteiger partial charge in [0.15, 0.2) is 4.77 Å². The average molecular weight is 414 g/mol. The molecule has 0 saturated heterocycles. The number of anilines is 1. The summed E-state index contributed by atoms with van der Waals surface area (Å²) >= 11 is 5.16. The van der Waals surface area contributed by atoms with E-state index in [1.807, 2.05) is 16.1 Å². The lowest BCUT2D eigenvalue weighted by atomic mass is 10.2. The molecule has 0 unspecified atom stereocenters. The number of carbonyl (C=O) groups excluding carboxylic acids is 2. The molecule has 1 aromatic carbocycles. The first-order valence-corrected chi connectivity index (χ1v) is 9.75. The summed E-state index contributed by atoms with van der Waals surface area (Å²) in [6, 6.07) is 6.86. The van der Waals surface area contributed by atoms with Gasteiger partial charge >= 0.3 is 0 Å². The van der Waals surface area contributed by atoms with Gasteiger partial charge in [-0.2, -0.15) is 5.10 Å². The van der Waals surface area contributed by atoms with E-state index in [4.69, 9.17) is 12.2 Å². The monoisotopic (exact) mass is 413 g/mol. The lowest BCUT2D eigenvalue weighted by Crippen LogP contribution is -2.26. The fourth-order valence-electron chi connectivity index (χ4n) is 2.87. The van der Waals surface area contributed by atoms with E-state index in [1.165, 1.54) is 0 Å². The number of hydrogen-bond donors (Lipinski definition) is 3. The van der Waals surface area contributed by atoms with Crippen LogP contribution in [0.4, 0.5) is 5.69 Å². The van der Waals surface area contributed by atoms with Gasteiger partial charge in [-0.25, -0.2) is 4.98 Å². The number of aryl methyl sites for hydroxylation is 1. The van der Waals surface area contributed by atoms with Gasteiger partial charge in [-0.1, -0.05) is 6.07 Å². The van der Waals surface area contributed by atoms with E-state index in [-0.39, 0.29) is 11.8 Å². The summed E-state index contributed by atoms with van der Waals surface area (Å²) in [4.78, 5) is 28.5. The number of amides is 2. The highest BCUT2D eigenvalue weighted by Crippen LogP contribution is 2.11. The Morgan fingerprint density at radius 2 is 2.17 bits per heavy atom. The van der Waals surface area contributed by atoms with Gasteiger partial charge in [-0.05, 0) is 37.3 Å². The van der Waals surface area contributed by atoms with E-state index in [2.05, 4.69) is 25.8 Å². The molecular weight excluding hydrogens is 390 g/mol. The van der Waals surface area contributed by atoms with E-state index in [9.17, 15) is 9.59 Å². The van der Waals surface area contributed by atoms with Crippen LogP contribution in [0.2, 0.25) is 0 Å². The minimum atomic E-state index is -0.211. The third-order valence-electron chi connectivity index (χ3n) is 4.35. The van der Waals surface area contributed by atoms with Gasteiger partial charge in [0.25, 0.3) is 5.91 Å². The van der Waals surface area contributed by atoms with Crippen LogP contribution in [-0.4, -0.2) is 42.7 Å². The molecule has 152 valence electrons. The molecule has 0 aliphatic rings. The standard InChI is InChI=1S/C19H23N7O2S/c1-2-26-16(23-24-19(26)29)6-8-21-18(28)14-4-3-5-15(12-14)22-17(27)7-10-25-11-9-20-13-25/h3-5,9,11-13H,2,6-8,10H2,1H3,(H,21,28)(H,22,27)(H,24,29). The van der Waals surface area contributed by atoms with Gasteiger partial charge in [0.2, 0.25) is 5.91 Å². The molecule has 2 amide bonds. The van der Waals surface area contributed by atoms with Crippen LogP contribution in [-0.2, 0) is 24.3 Å². The van der Waals surface area contributed by atoms with Crippen molar-refractivity contribution in [3.63, 3.8) is 0 Å². The predicted octanol–water partition coefficient (Wildman–Crippen LogP) is 2.16. The van der Waals surface area contributed by atoms with E-state index >= 15 is 0 Å². The number of imidazole rings is 1. The number of hydrogen-bond acceptors (Lipinski definition) is 5. The first kappa shape index (κ1) is 20.5. The molecule has 0 bridgehead atoms. The van der Waals surface area contributed by atoms with Crippen molar-refractivity contribution in [3.8, 4) is 0 Å². The zero-order valence-corrected chi connectivity index (χ0v) is 16.9. The highest BCUT2D eigenvalue weighted by atomic mass is 32.1. The molecule has 2 heterocycles. The van der Waals surface area contributed by atoms with Gasteiger partial charge in [0.1, 0.15) is 5.82 Å². The van der Waals surface area contributed by atoms with Crippen LogP contribution in [0.25, 0.3) is 0 Å². The molecule has 0 aliphatic carbocycles. The largest absolute Gasteiger partial charge is 0.352 e. The second-order valence-electron chi connectivity index (χ2n) is 6.37. The molecule has 0 aliphatic heterocycles. The van der Waals surface area contributed by atoms with Crippen molar-refractivity contribution >= 4 is 29.7 Å². The highest BCUT2D eigenvalue weighted by molar-refractivity contribution is 7.71. The summed E-state index contributed by atoms with van der Waals surface area (Å²) < 4.78 is 4.30. The second-order valence-corrected chi connectivity index (χ2v) is 6.76. The molecule has 29 heavy (non-hydrogen) atoms. The zero-order chi connectivity index (χ0) is 20.6. The van der Waals surface area contributed by atoms with Gasteiger partial charge in [-0.3, -0.25) is 14.7 Å². The predicted molar refractivity (Wildman–Crippen MR) is 111 cm³/mol. The lowest BCUT2D eigenvalue weighted by Gasteiger charge is -2.09. The number of benzene rings is 1. The summed E-state index contributed by atoms with van der Waals surface area (Å²) in [6.07, 6.45) is 6.03. The lowest BCUT2D eigenvalue weighted by molar-refractivity contribution is -0.116. The maximum Gasteiger partial charge on any atom is 0.251 e. The maximum atomic E-state index is 12.4. The Balaban J connectivity index is 1.50.